The van der Waals surface area contributed by atoms with E-state index in [9.17, 15) is 13.2 Å². The molecule has 1 aliphatic heterocycles. The Kier molecular flexibility index (Phi) is 4.73. The smallest absolute Gasteiger partial charge is 0.338 e. The highest BCUT2D eigenvalue weighted by molar-refractivity contribution is 7.93. The average Bonchev–Trinajstić information content (AvgIpc) is 2.93. The van der Waals surface area contributed by atoms with Crippen LogP contribution >= 0.6 is 11.6 Å². The summed E-state index contributed by atoms with van der Waals surface area (Å²) in [6, 6.07) is 9.77. The van der Waals surface area contributed by atoms with Crippen LogP contribution in [0.1, 0.15) is 22.3 Å². The summed E-state index contributed by atoms with van der Waals surface area (Å²) in [4.78, 5) is 16.1. The summed E-state index contributed by atoms with van der Waals surface area (Å²) < 4.78 is 30.5. The van der Waals surface area contributed by atoms with Gasteiger partial charge in [0.05, 0.1) is 17.0 Å². The molecule has 24 heavy (non-hydrogen) atoms. The number of anilines is 1. The quantitative estimate of drug-likeness (QED) is 0.614. The lowest BCUT2D eigenvalue weighted by atomic mass is 10.2. The van der Waals surface area contributed by atoms with Gasteiger partial charge in [-0.3, -0.25) is 4.31 Å². The molecule has 2 heterocycles. The fraction of sp³-hybridized carbons (Fsp3) is 0.250. The van der Waals surface area contributed by atoms with Crippen LogP contribution in [0.15, 0.2) is 42.6 Å². The van der Waals surface area contributed by atoms with E-state index < -0.39 is 16.0 Å². The number of hydrogen-bond acceptors (Lipinski definition) is 5. The molecule has 0 amide bonds. The van der Waals surface area contributed by atoms with E-state index in [4.69, 9.17) is 16.3 Å². The summed E-state index contributed by atoms with van der Waals surface area (Å²) >= 11 is 5.70. The van der Waals surface area contributed by atoms with Crippen LogP contribution in [0.4, 0.5) is 5.69 Å². The predicted molar refractivity (Wildman–Crippen MR) is 90.6 cm³/mol. The largest absolute Gasteiger partial charge is 0.457 e. The molecule has 1 aliphatic rings. The van der Waals surface area contributed by atoms with Crippen molar-refractivity contribution in [1.29, 1.82) is 0 Å². The second-order valence-electron chi connectivity index (χ2n) is 5.36. The van der Waals surface area contributed by atoms with Crippen molar-refractivity contribution in [2.24, 2.45) is 0 Å². The first kappa shape index (κ1) is 16.7. The van der Waals surface area contributed by atoms with E-state index in [0.717, 1.165) is 0 Å². The molecule has 0 atom stereocenters. The van der Waals surface area contributed by atoms with Crippen LogP contribution in [0, 0.1) is 0 Å². The molecule has 1 aromatic heterocycles. The first-order valence-corrected chi connectivity index (χ1v) is 9.32. The monoisotopic (exact) mass is 366 g/mol. The minimum atomic E-state index is -3.28. The zero-order valence-electron chi connectivity index (χ0n) is 12.7. The number of sulfonamides is 1. The van der Waals surface area contributed by atoms with Crippen LogP contribution in [0.2, 0.25) is 5.15 Å². The molecule has 1 fully saturated rings. The van der Waals surface area contributed by atoms with E-state index in [0.29, 0.717) is 34.9 Å². The average molecular weight is 367 g/mol. The van der Waals surface area contributed by atoms with Crippen molar-refractivity contribution in [3.8, 4) is 0 Å². The molecule has 6 nitrogen and oxygen atoms in total. The number of halogens is 1. The lowest BCUT2D eigenvalue weighted by Crippen LogP contribution is -2.25. The molecule has 3 rings (SSSR count). The van der Waals surface area contributed by atoms with Gasteiger partial charge in [0, 0.05) is 18.3 Å². The minimum absolute atomic E-state index is 0.0647. The number of carbonyl (C=O) groups is 1. The van der Waals surface area contributed by atoms with Crippen molar-refractivity contribution in [2.75, 3.05) is 16.6 Å². The van der Waals surface area contributed by atoms with E-state index in [1.807, 2.05) is 0 Å². The summed E-state index contributed by atoms with van der Waals surface area (Å²) in [5, 5.41) is 0.365. The maximum absolute atomic E-state index is 12.2. The molecular formula is C16H15ClN2O4S. The van der Waals surface area contributed by atoms with Crippen LogP contribution < -0.4 is 4.31 Å². The predicted octanol–water partition coefficient (Wildman–Crippen LogP) is 2.63. The Bertz CT molecular complexity index is 853. The molecule has 8 heteroatoms. The first-order chi connectivity index (χ1) is 11.5. The van der Waals surface area contributed by atoms with Crippen molar-refractivity contribution in [3.63, 3.8) is 0 Å². The molecule has 0 unspecified atom stereocenters. The lowest BCUT2D eigenvalue weighted by Gasteiger charge is -2.17. The standard InChI is InChI=1S/C16H15ClN2O4S/c17-15-6-5-12(10-18-15)11-23-16(20)13-3-1-4-14(9-13)19-7-2-8-24(19,21)22/h1,3-6,9-10H,2,7-8,11H2. The van der Waals surface area contributed by atoms with Crippen LogP contribution in [0.25, 0.3) is 0 Å². The molecule has 2 aromatic rings. The van der Waals surface area contributed by atoms with Gasteiger partial charge in [-0.05, 0) is 30.7 Å². The van der Waals surface area contributed by atoms with E-state index >= 15 is 0 Å². The third-order valence-corrected chi connectivity index (χ3v) is 5.72. The van der Waals surface area contributed by atoms with Crippen LogP contribution in [-0.4, -0.2) is 31.7 Å². The Hall–Kier alpha value is -2.12. The Morgan fingerprint density at radius 1 is 1.29 bits per heavy atom. The van der Waals surface area contributed by atoms with E-state index in [-0.39, 0.29) is 12.4 Å². The van der Waals surface area contributed by atoms with Gasteiger partial charge in [-0.1, -0.05) is 23.7 Å². The molecule has 1 aromatic carbocycles. The number of nitrogens with zero attached hydrogens (tertiary/aromatic N) is 2. The summed E-state index contributed by atoms with van der Waals surface area (Å²) in [7, 11) is -3.28. The number of ether oxygens (including phenoxy) is 1. The SMILES string of the molecule is O=C(OCc1ccc(Cl)nc1)c1cccc(N2CCCS2(=O)=O)c1. The van der Waals surface area contributed by atoms with Gasteiger partial charge in [0.15, 0.2) is 0 Å². The Morgan fingerprint density at radius 2 is 2.12 bits per heavy atom. The highest BCUT2D eigenvalue weighted by Crippen LogP contribution is 2.25. The van der Waals surface area contributed by atoms with E-state index in [2.05, 4.69) is 4.98 Å². The number of pyridine rings is 1. The Morgan fingerprint density at radius 3 is 2.79 bits per heavy atom. The highest BCUT2D eigenvalue weighted by Gasteiger charge is 2.28. The van der Waals surface area contributed by atoms with Gasteiger partial charge < -0.3 is 4.74 Å². The number of aromatic nitrogens is 1. The minimum Gasteiger partial charge on any atom is -0.457 e. The van der Waals surface area contributed by atoms with Gasteiger partial charge in [0.25, 0.3) is 0 Å². The first-order valence-electron chi connectivity index (χ1n) is 7.34. The highest BCUT2D eigenvalue weighted by atomic mass is 35.5. The summed E-state index contributed by atoms with van der Waals surface area (Å²) in [5.74, 6) is -0.394. The van der Waals surface area contributed by atoms with Gasteiger partial charge in [-0.15, -0.1) is 0 Å². The number of esters is 1. The number of carbonyl (C=O) groups excluding carboxylic acids is 1. The van der Waals surface area contributed by atoms with Crippen molar-refractivity contribution >= 4 is 33.3 Å². The second kappa shape index (κ2) is 6.78. The van der Waals surface area contributed by atoms with E-state index in [1.165, 1.54) is 16.6 Å². The van der Waals surface area contributed by atoms with Gasteiger partial charge >= 0.3 is 5.97 Å². The van der Waals surface area contributed by atoms with Crippen LogP contribution in [0.5, 0.6) is 0 Å². The van der Waals surface area contributed by atoms with Gasteiger partial charge in [-0.2, -0.15) is 0 Å². The zero-order chi connectivity index (χ0) is 17.2. The summed E-state index contributed by atoms with van der Waals surface area (Å²) in [5.41, 5.74) is 1.50. The number of hydrogen-bond donors (Lipinski definition) is 0. The third-order valence-electron chi connectivity index (χ3n) is 3.63. The van der Waals surface area contributed by atoms with Crippen molar-refractivity contribution < 1.29 is 17.9 Å². The molecule has 0 aliphatic carbocycles. The topological polar surface area (TPSA) is 76.6 Å². The maximum atomic E-state index is 12.2. The van der Waals surface area contributed by atoms with Crippen LogP contribution in [0.3, 0.4) is 0 Å². The molecule has 0 spiro atoms. The molecule has 0 radical (unpaired) electrons. The van der Waals surface area contributed by atoms with Crippen molar-refractivity contribution in [1.82, 2.24) is 4.98 Å². The van der Waals surface area contributed by atoms with Crippen LogP contribution in [-0.2, 0) is 21.4 Å². The van der Waals surface area contributed by atoms with E-state index in [1.54, 1.807) is 30.3 Å². The Balaban J connectivity index is 1.71. The number of benzene rings is 1. The normalized spacial score (nSPS) is 16.1. The zero-order valence-corrected chi connectivity index (χ0v) is 14.3. The van der Waals surface area contributed by atoms with Gasteiger partial charge in [-0.25, -0.2) is 18.2 Å². The number of rotatable bonds is 4. The molecule has 0 N–H and O–H groups in total. The second-order valence-corrected chi connectivity index (χ2v) is 7.76. The molecular weight excluding hydrogens is 352 g/mol. The molecule has 126 valence electrons. The van der Waals surface area contributed by atoms with Gasteiger partial charge in [0.1, 0.15) is 11.8 Å². The maximum Gasteiger partial charge on any atom is 0.338 e. The van der Waals surface area contributed by atoms with Crippen molar-refractivity contribution in [2.45, 2.75) is 13.0 Å². The molecule has 0 bridgehead atoms. The molecule has 0 saturated carbocycles. The summed E-state index contributed by atoms with van der Waals surface area (Å²) in [6.45, 7) is 0.493. The third kappa shape index (κ3) is 3.68. The van der Waals surface area contributed by atoms with Gasteiger partial charge in [0.2, 0.25) is 10.0 Å². The Labute approximate surface area is 145 Å². The molecule has 1 saturated heterocycles. The fourth-order valence-corrected chi connectivity index (χ4v) is 4.11. The lowest BCUT2D eigenvalue weighted by molar-refractivity contribution is 0.0472. The summed E-state index contributed by atoms with van der Waals surface area (Å²) in [6.07, 6.45) is 2.11. The van der Waals surface area contributed by atoms with Crippen molar-refractivity contribution in [3.05, 3.63) is 58.9 Å². The fourth-order valence-electron chi connectivity index (χ4n) is 2.44.